The Kier molecular flexibility index (Phi) is 4.68. The summed E-state index contributed by atoms with van der Waals surface area (Å²) >= 11 is 0. The number of benzene rings is 1. The van der Waals surface area contributed by atoms with Gasteiger partial charge < -0.3 is 4.74 Å². The minimum absolute atomic E-state index is 0.383. The molecule has 0 amide bonds. The molecule has 0 atom stereocenters. The Hall–Kier alpha value is -1.99. The zero-order chi connectivity index (χ0) is 19.1. The van der Waals surface area contributed by atoms with Gasteiger partial charge in [-0.15, -0.1) is 0 Å². The molecule has 4 rings (SSSR count). The smallest absolute Gasteiger partial charge is 0.368 e. The van der Waals surface area contributed by atoms with Crippen molar-refractivity contribution < 1.29 is 17.9 Å². The van der Waals surface area contributed by atoms with Crippen molar-refractivity contribution in [2.45, 2.75) is 44.5 Å². The molecule has 27 heavy (non-hydrogen) atoms. The summed E-state index contributed by atoms with van der Waals surface area (Å²) in [7, 11) is 0. The standard InChI is InChI=1S/C20H22F3N3O/c1-14-24-12-16-5-10-27-19(18(16)25-14)6-8-26(9-7-19)13-15-3-2-4-17(11-15)20(21,22)23/h2-4,11-12H,5-10,13H2,1H3. The first-order valence-corrected chi connectivity index (χ1v) is 9.21. The summed E-state index contributed by atoms with van der Waals surface area (Å²) < 4.78 is 44.9. The van der Waals surface area contributed by atoms with Crippen LogP contribution in [0.1, 0.15) is 41.1 Å². The molecule has 3 heterocycles. The van der Waals surface area contributed by atoms with Gasteiger partial charge in [-0.3, -0.25) is 4.90 Å². The van der Waals surface area contributed by atoms with Gasteiger partial charge in [-0.25, -0.2) is 9.97 Å². The van der Waals surface area contributed by atoms with E-state index in [1.807, 2.05) is 13.1 Å². The molecule has 1 saturated heterocycles. The summed E-state index contributed by atoms with van der Waals surface area (Å²) in [6.45, 7) is 4.57. The third-order valence-electron chi connectivity index (χ3n) is 5.49. The van der Waals surface area contributed by atoms with E-state index in [-0.39, 0.29) is 5.60 Å². The van der Waals surface area contributed by atoms with E-state index in [0.29, 0.717) is 18.7 Å². The normalized spacial score (nSPS) is 19.9. The second-order valence-electron chi connectivity index (χ2n) is 7.36. The van der Waals surface area contributed by atoms with Gasteiger partial charge in [-0.05, 0) is 43.4 Å². The van der Waals surface area contributed by atoms with Gasteiger partial charge in [0.05, 0.1) is 17.9 Å². The van der Waals surface area contributed by atoms with Crippen LogP contribution in [0.15, 0.2) is 30.5 Å². The highest BCUT2D eigenvalue weighted by Crippen LogP contribution is 2.40. The van der Waals surface area contributed by atoms with Crippen molar-refractivity contribution in [2.75, 3.05) is 19.7 Å². The molecule has 4 nitrogen and oxygen atoms in total. The van der Waals surface area contributed by atoms with E-state index in [0.717, 1.165) is 55.5 Å². The Labute approximate surface area is 156 Å². The SMILES string of the molecule is Cc1ncc2c(n1)C1(CCN(Cc3cccc(C(F)(F)F)c3)CC1)OCC2. The summed E-state index contributed by atoms with van der Waals surface area (Å²) in [5.41, 5.74) is 1.86. The predicted octanol–water partition coefficient (Wildman–Crippen LogP) is 3.87. The number of piperidine rings is 1. The highest BCUT2D eigenvalue weighted by atomic mass is 19.4. The van der Waals surface area contributed by atoms with Crippen molar-refractivity contribution in [3.8, 4) is 0 Å². The van der Waals surface area contributed by atoms with Gasteiger partial charge in [0.25, 0.3) is 0 Å². The molecule has 2 aromatic rings. The van der Waals surface area contributed by atoms with Crippen LogP contribution in [0.2, 0.25) is 0 Å². The van der Waals surface area contributed by atoms with Crippen LogP contribution in [0.5, 0.6) is 0 Å². The van der Waals surface area contributed by atoms with E-state index in [1.54, 1.807) is 6.07 Å². The van der Waals surface area contributed by atoms with Crippen LogP contribution in [0.25, 0.3) is 0 Å². The molecule has 1 spiro atoms. The van der Waals surface area contributed by atoms with E-state index >= 15 is 0 Å². The number of hydrogen-bond acceptors (Lipinski definition) is 4. The van der Waals surface area contributed by atoms with Gasteiger partial charge in [-0.1, -0.05) is 18.2 Å². The lowest BCUT2D eigenvalue weighted by Crippen LogP contribution is -2.47. The molecule has 2 aliphatic heterocycles. The molecule has 0 bridgehead atoms. The van der Waals surface area contributed by atoms with Gasteiger partial charge >= 0.3 is 6.18 Å². The number of fused-ring (bicyclic) bond motifs is 2. The van der Waals surface area contributed by atoms with Crippen LogP contribution >= 0.6 is 0 Å². The average molecular weight is 377 g/mol. The zero-order valence-electron chi connectivity index (χ0n) is 15.2. The molecule has 144 valence electrons. The van der Waals surface area contributed by atoms with Crippen LogP contribution in [0.3, 0.4) is 0 Å². The number of nitrogens with zero attached hydrogens (tertiary/aromatic N) is 3. The topological polar surface area (TPSA) is 38.2 Å². The summed E-state index contributed by atoms with van der Waals surface area (Å²) in [5, 5.41) is 0. The summed E-state index contributed by atoms with van der Waals surface area (Å²) in [4.78, 5) is 11.1. The number of aromatic nitrogens is 2. The molecule has 1 aromatic carbocycles. The molecular weight excluding hydrogens is 355 g/mol. The monoisotopic (exact) mass is 377 g/mol. The lowest BCUT2D eigenvalue weighted by atomic mass is 9.83. The lowest BCUT2D eigenvalue weighted by molar-refractivity contribution is -0.137. The molecular formula is C20H22F3N3O. The minimum Gasteiger partial charge on any atom is -0.368 e. The molecule has 7 heteroatoms. The van der Waals surface area contributed by atoms with E-state index < -0.39 is 11.7 Å². The molecule has 0 unspecified atom stereocenters. The van der Waals surface area contributed by atoms with Crippen molar-refractivity contribution in [2.24, 2.45) is 0 Å². The first-order valence-electron chi connectivity index (χ1n) is 9.21. The van der Waals surface area contributed by atoms with Crippen molar-refractivity contribution in [1.82, 2.24) is 14.9 Å². The first-order chi connectivity index (χ1) is 12.9. The molecule has 0 N–H and O–H groups in total. The molecule has 2 aliphatic rings. The number of alkyl halides is 3. The Balaban J connectivity index is 1.47. The van der Waals surface area contributed by atoms with Gasteiger partial charge in [0.2, 0.25) is 0 Å². The Morgan fingerprint density at radius 2 is 2.00 bits per heavy atom. The number of hydrogen-bond donors (Lipinski definition) is 0. The maximum absolute atomic E-state index is 12.9. The van der Waals surface area contributed by atoms with Crippen LogP contribution in [0, 0.1) is 6.92 Å². The van der Waals surface area contributed by atoms with E-state index in [4.69, 9.17) is 4.74 Å². The fourth-order valence-electron chi connectivity index (χ4n) is 4.05. The summed E-state index contributed by atoms with van der Waals surface area (Å²) in [5.74, 6) is 0.741. The third-order valence-corrected chi connectivity index (χ3v) is 5.49. The van der Waals surface area contributed by atoms with E-state index in [9.17, 15) is 13.2 Å². The number of halogens is 3. The van der Waals surface area contributed by atoms with Crippen LogP contribution in [0.4, 0.5) is 13.2 Å². The quantitative estimate of drug-likeness (QED) is 0.796. The lowest BCUT2D eigenvalue weighted by Gasteiger charge is -2.44. The predicted molar refractivity (Wildman–Crippen MR) is 94.1 cm³/mol. The maximum Gasteiger partial charge on any atom is 0.416 e. The molecule has 0 saturated carbocycles. The largest absolute Gasteiger partial charge is 0.416 e. The second kappa shape index (κ2) is 6.87. The van der Waals surface area contributed by atoms with E-state index in [2.05, 4.69) is 14.9 Å². The van der Waals surface area contributed by atoms with Crippen molar-refractivity contribution >= 4 is 0 Å². The fraction of sp³-hybridized carbons (Fsp3) is 0.500. The minimum atomic E-state index is -4.31. The Morgan fingerprint density at radius 3 is 2.74 bits per heavy atom. The molecule has 0 radical (unpaired) electrons. The van der Waals surface area contributed by atoms with E-state index in [1.165, 1.54) is 12.1 Å². The highest BCUT2D eigenvalue weighted by molar-refractivity contribution is 5.28. The van der Waals surface area contributed by atoms with Gasteiger partial charge in [0, 0.05) is 25.8 Å². The molecule has 0 aliphatic carbocycles. The summed E-state index contributed by atoms with van der Waals surface area (Å²) in [6.07, 6.45) is -0.00767. The molecule has 1 aromatic heterocycles. The van der Waals surface area contributed by atoms with Gasteiger partial charge in [-0.2, -0.15) is 13.2 Å². The van der Waals surface area contributed by atoms with Crippen molar-refractivity contribution in [1.29, 1.82) is 0 Å². The Morgan fingerprint density at radius 1 is 1.22 bits per heavy atom. The van der Waals surface area contributed by atoms with Crippen LogP contribution < -0.4 is 0 Å². The molecule has 1 fully saturated rings. The maximum atomic E-state index is 12.9. The summed E-state index contributed by atoms with van der Waals surface area (Å²) in [6, 6.07) is 5.59. The third kappa shape index (κ3) is 3.71. The number of likely N-dealkylation sites (tertiary alicyclic amines) is 1. The zero-order valence-corrected chi connectivity index (χ0v) is 15.2. The number of ether oxygens (including phenoxy) is 1. The number of aryl methyl sites for hydroxylation is 1. The Bertz CT molecular complexity index is 829. The van der Waals surface area contributed by atoms with Crippen molar-refractivity contribution in [3.63, 3.8) is 0 Å². The van der Waals surface area contributed by atoms with Crippen molar-refractivity contribution in [3.05, 3.63) is 58.7 Å². The highest BCUT2D eigenvalue weighted by Gasteiger charge is 2.42. The second-order valence-corrected chi connectivity index (χ2v) is 7.36. The van der Waals surface area contributed by atoms with Gasteiger partial charge in [0.15, 0.2) is 0 Å². The van der Waals surface area contributed by atoms with Gasteiger partial charge in [0.1, 0.15) is 11.4 Å². The average Bonchev–Trinajstić information content (AvgIpc) is 2.64. The fourth-order valence-corrected chi connectivity index (χ4v) is 4.05. The number of rotatable bonds is 2. The van der Waals surface area contributed by atoms with Crippen LogP contribution in [-0.2, 0) is 29.5 Å². The first kappa shape index (κ1) is 18.4. The van der Waals surface area contributed by atoms with Crippen LogP contribution in [-0.4, -0.2) is 34.6 Å².